The molecule has 1 aliphatic heterocycles. The Morgan fingerprint density at radius 2 is 1.75 bits per heavy atom. The molecule has 4 bridgehead atoms. The summed E-state index contributed by atoms with van der Waals surface area (Å²) in [6.45, 7) is 14.6. The summed E-state index contributed by atoms with van der Waals surface area (Å²) in [7, 11) is 0. The van der Waals surface area contributed by atoms with Crippen LogP contribution in [0, 0.1) is 11.3 Å². The minimum atomic E-state index is -0.790. The Balaban J connectivity index is 0.00000167. The minimum Gasteiger partial charge on any atom is -0.494 e. The van der Waals surface area contributed by atoms with Gasteiger partial charge in [-0.1, -0.05) is 115 Å². The molecule has 2 aromatic heterocycles. The number of pyridine rings is 1. The molecule has 0 spiro atoms. The van der Waals surface area contributed by atoms with E-state index >= 15 is 0 Å². The quantitative estimate of drug-likeness (QED) is 0.186. The Hall–Kier alpha value is -3.56. The van der Waals surface area contributed by atoms with Gasteiger partial charge in [0.05, 0.1) is 23.1 Å². The molecule has 2 aromatic carbocycles. The van der Waals surface area contributed by atoms with Crippen LogP contribution < -0.4 is 14.4 Å². The van der Waals surface area contributed by atoms with Crippen molar-refractivity contribution in [1.82, 2.24) is 9.97 Å². The summed E-state index contributed by atoms with van der Waals surface area (Å²) in [4.78, 5) is 25.0. The van der Waals surface area contributed by atoms with Crippen molar-refractivity contribution in [2.45, 2.75) is 91.5 Å². The molecule has 258 valence electrons. The lowest BCUT2D eigenvalue weighted by atomic mass is 9.93. The molecule has 0 saturated carbocycles. The number of rotatable bonds is 7. The molecule has 1 atom stereocenters. The maximum Gasteiger partial charge on any atom is 0.308 e. The van der Waals surface area contributed by atoms with E-state index in [9.17, 15) is 9.90 Å². The first-order valence-electron chi connectivity index (χ1n) is 17.3. The average molecular weight is 689 g/mol. The monoisotopic (exact) mass is 688 g/mol. The van der Waals surface area contributed by atoms with E-state index in [1.54, 1.807) is 18.3 Å². The number of hydrogen-bond donors (Lipinski definition) is 2. The lowest BCUT2D eigenvalue weighted by Gasteiger charge is -2.26. The van der Waals surface area contributed by atoms with E-state index in [2.05, 4.69) is 86.7 Å². The topological polar surface area (TPSA) is 87.6 Å². The van der Waals surface area contributed by atoms with E-state index in [-0.39, 0.29) is 5.41 Å². The summed E-state index contributed by atoms with van der Waals surface area (Å²) in [6, 6.07) is 22.9. The fourth-order valence-electron chi connectivity index (χ4n) is 5.33. The summed E-state index contributed by atoms with van der Waals surface area (Å²) < 4.78 is 9.65. The highest BCUT2D eigenvalue weighted by atomic mass is 32.2. The predicted molar refractivity (Wildman–Crippen MR) is 203 cm³/mol. The van der Waals surface area contributed by atoms with Crippen molar-refractivity contribution in [3.05, 3.63) is 72.3 Å². The Morgan fingerprint density at radius 3 is 2.52 bits per heavy atom. The second-order valence-electron chi connectivity index (χ2n) is 13.6. The van der Waals surface area contributed by atoms with Crippen molar-refractivity contribution in [1.29, 1.82) is 0 Å². The van der Waals surface area contributed by atoms with E-state index in [0.29, 0.717) is 13.2 Å². The summed E-state index contributed by atoms with van der Waals surface area (Å²) in [5.41, 5.74) is 4.74. The number of carboxylic acid groups (broad SMARTS) is 1. The second kappa shape index (κ2) is 18.3. The van der Waals surface area contributed by atoms with Crippen molar-refractivity contribution in [3.63, 3.8) is 0 Å². The zero-order chi connectivity index (χ0) is 34.5. The molecule has 9 heteroatoms. The van der Waals surface area contributed by atoms with E-state index in [4.69, 9.17) is 14.7 Å². The van der Waals surface area contributed by atoms with E-state index in [1.165, 1.54) is 29.5 Å². The molecule has 0 fully saturated rings. The van der Waals surface area contributed by atoms with Crippen LogP contribution in [0.2, 0.25) is 0 Å². The number of carbonyl (C=O) groups is 1. The normalized spacial score (nSPS) is 14.4. The van der Waals surface area contributed by atoms with Crippen LogP contribution in [0.1, 0.15) is 85.6 Å². The Bertz CT molecular complexity index is 1600. The highest BCUT2D eigenvalue weighted by Crippen LogP contribution is 2.42. The highest BCUT2D eigenvalue weighted by Gasteiger charge is 2.21. The third-order valence-electron chi connectivity index (χ3n) is 7.93. The second-order valence-corrected chi connectivity index (χ2v) is 15.5. The molecule has 5 rings (SSSR count). The Morgan fingerprint density at radius 1 is 1.00 bits per heavy atom. The number of carboxylic acids is 1. The van der Waals surface area contributed by atoms with Crippen LogP contribution in [0.4, 0.5) is 10.9 Å². The number of ether oxygens (including phenoxy) is 1. The Labute approximate surface area is 295 Å². The zero-order valence-electron chi connectivity index (χ0n) is 29.4. The molecule has 1 aliphatic rings. The van der Waals surface area contributed by atoms with Gasteiger partial charge in [-0.3, -0.25) is 4.79 Å². The maximum atomic E-state index is 11.7. The number of hydrogen-bond acceptors (Lipinski definition) is 8. The SMILES string of the molecule is CC(CN1CCCCCCc2ccccc2-c2nc(sc2-c2cccc(OCCC(C)(C)C)c2)NSc2cccc1n2)C(=O)O.CCC. The zero-order valence-corrected chi connectivity index (χ0v) is 31.1. The van der Waals surface area contributed by atoms with Gasteiger partial charge in [0.25, 0.3) is 0 Å². The van der Waals surface area contributed by atoms with Crippen LogP contribution in [0.3, 0.4) is 0 Å². The van der Waals surface area contributed by atoms with Crippen molar-refractivity contribution in [3.8, 4) is 27.4 Å². The van der Waals surface area contributed by atoms with Crippen LogP contribution in [0.15, 0.2) is 71.8 Å². The van der Waals surface area contributed by atoms with Gasteiger partial charge in [0.15, 0.2) is 5.13 Å². The van der Waals surface area contributed by atoms with Gasteiger partial charge in [-0.2, -0.15) is 0 Å². The van der Waals surface area contributed by atoms with Gasteiger partial charge in [0.2, 0.25) is 0 Å². The number of thiazole rings is 1. The first kappa shape index (κ1) is 37.3. The molecule has 0 radical (unpaired) electrons. The van der Waals surface area contributed by atoms with Gasteiger partial charge in [-0.05, 0) is 66.5 Å². The molecule has 7 nitrogen and oxygen atoms in total. The van der Waals surface area contributed by atoms with Gasteiger partial charge in [0.1, 0.15) is 16.6 Å². The molecule has 0 aliphatic carbocycles. The highest BCUT2D eigenvalue weighted by molar-refractivity contribution is 8.00. The van der Waals surface area contributed by atoms with Crippen LogP contribution in [-0.2, 0) is 11.2 Å². The number of nitrogens with zero attached hydrogens (tertiary/aromatic N) is 3. The summed E-state index contributed by atoms with van der Waals surface area (Å²) in [6.07, 6.45) is 7.44. The molecule has 4 aromatic rings. The summed E-state index contributed by atoms with van der Waals surface area (Å²) in [5.74, 6) is 0.393. The van der Waals surface area contributed by atoms with Crippen molar-refractivity contribution >= 4 is 40.2 Å². The number of fused-ring (bicyclic) bond motifs is 6. The number of nitrogens with one attached hydrogen (secondary N) is 1. The van der Waals surface area contributed by atoms with Gasteiger partial charge >= 0.3 is 5.97 Å². The smallest absolute Gasteiger partial charge is 0.308 e. The molecule has 0 amide bonds. The lowest BCUT2D eigenvalue weighted by Crippen LogP contribution is -2.33. The molecular weight excluding hydrogens is 637 g/mol. The van der Waals surface area contributed by atoms with Gasteiger partial charge in [-0.15, -0.1) is 0 Å². The summed E-state index contributed by atoms with van der Waals surface area (Å²) >= 11 is 3.06. The minimum absolute atomic E-state index is 0.215. The van der Waals surface area contributed by atoms with Crippen molar-refractivity contribution < 1.29 is 14.6 Å². The third kappa shape index (κ3) is 11.3. The van der Waals surface area contributed by atoms with E-state index in [1.807, 2.05) is 24.3 Å². The molecule has 0 saturated heterocycles. The van der Waals surface area contributed by atoms with E-state index in [0.717, 1.165) is 82.9 Å². The average Bonchev–Trinajstić information content (AvgIpc) is 3.49. The van der Waals surface area contributed by atoms with Crippen molar-refractivity contribution in [2.75, 3.05) is 29.3 Å². The Kier molecular flexibility index (Phi) is 14.2. The molecule has 3 heterocycles. The maximum absolute atomic E-state index is 11.7. The van der Waals surface area contributed by atoms with Crippen molar-refractivity contribution in [2.24, 2.45) is 11.3 Å². The number of aryl methyl sites for hydroxylation is 1. The van der Waals surface area contributed by atoms with E-state index < -0.39 is 11.9 Å². The predicted octanol–water partition coefficient (Wildman–Crippen LogP) is 10.9. The van der Waals surface area contributed by atoms with Gasteiger partial charge < -0.3 is 19.5 Å². The first-order valence-corrected chi connectivity index (χ1v) is 18.9. The van der Waals surface area contributed by atoms with Crippen LogP contribution in [0.25, 0.3) is 21.7 Å². The number of aromatic nitrogens is 2. The molecule has 2 N–H and O–H groups in total. The fraction of sp³-hybridized carbons (Fsp3) is 0.462. The van der Waals surface area contributed by atoms with Crippen LogP contribution >= 0.6 is 23.3 Å². The van der Waals surface area contributed by atoms with Crippen LogP contribution in [0.5, 0.6) is 5.75 Å². The third-order valence-corrected chi connectivity index (χ3v) is 9.81. The first-order chi connectivity index (χ1) is 23.1. The molecule has 48 heavy (non-hydrogen) atoms. The number of aliphatic carboxylic acids is 1. The van der Waals surface area contributed by atoms with Gasteiger partial charge in [0, 0.05) is 30.6 Å². The lowest BCUT2D eigenvalue weighted by molar-refractivity contribution is -0.140. The molecule has 1 unspecified atom stereocenters. The summed E-state index contributed by atoms with van der Waals surface area (Å²) in [5, 5.41) is 11.2. The van der Waals surface area contributed by atoms with Crippen LogP contribution in [-0.4, -0.2) is 40.7 Å². The fourth-order valence-corrected chi connectivity index (χ4v) is 6.97. The largest absolute Gasteiger partial charge is 0.494 e. The molecular formula is C39H52N4O3S2. The number of anilines is 2. The van der Waals surface area contributed by atoms with Gasteiger partial charge in [-0.25, -0.2) is 9.97 Å². The standard InChI is InChI=1S/C36H44N4O3S2.C3H8/c1-25(34(41)42)24-40-21-10-6-5-7-13-26-14-8-9-17-29(26)32-33(27-15-11-16-28(23-27)43-22-20-36(2,3)4)44-35(38-32)39-45-31-19-12-18-30(40)37-31;1-3-2/h8-9,11-12,14-19,23,25H,5-7,10,13,20-22,24H2,1-4H3,(H,38,39)(H,41,42);3H2,1-2H3. The number of benzene rings is 2.